The Kier molecular flexibility index (Phi) is 5.15. The van der Waals surface area contributed by atoms with Gasteiger partial charge in [0.25, 0.3) is 0 Å². The van der Waals surface area contributed by atoms with Crippen LogP contribution in [0.2, 0.25) is 0 Å². The third kappa shape index (κ3) is 3.92. The quantitative estimate of drug-likeness (QED) is 0.347. The Morgan fingerprint density at radius 1 is 0.974 bits per heavy atom. The van der Waals surface area contributed by atoms with Gasteiger partial charge >= 0.3 is 0 Å². The van der Waals surface area contributed by atoms with Crippen molar-refractivity contribution in [3.8, 4) is 11.3 Å². The largest absolute Gasteiger partial charge is 0.440 e. The third-order valence-corrected chi connectivity index (χ3v) is 10.4. The fraction of sp³-hybridized carbons (Fsp3) is 0.613. The van der Waals surface area contributed by atoms with Crippen molar-refractivity contribution in [1.29, 1.82) is 0 Å². The van der Waals surface area contributed by atoms with E-state index in [0.29, 0.717) is 11.8 Å². The van der Waals surface area contributed by atoms with Gasteiger partial charge in [-0.1, -0.05) is 23.7 Å². The molecule has 6 fully saturated rings. The lowest BCUT2D eigenvalue weighted by Crippen LogP contribution is -2.45. The molecule has 0 saturated heterocycles. The number of anilines is 1. The second-order valence-electron chi connectivity index (χ2n) is 13.0. The van der Waals surface area contributed by atoms with Gasteiger partial charge in [-0.15, -0.1) is 0 Å². The second kappa shape index (κ2) is 8.52. The smallest absolute Gasteiger partial charge is 0.232 e. The van der Waals surface area contributed by atoms with Gasteiger partial charge < -0.3 is 14.3 Å². The molecule has 0 spiro atoms. The van der Waals surface area contributed by atoms with Crippen molar-refractivity contribution >= 4 is 11.6 Å². The molecule has 0 unspecified atom stereocenters. The summed E-state index contributed by atoms with van der Waals surface area (Å²) in [4.78, 5) is 22.5. The molecular weight excluding hydrogens is 476 g/mol. The number of carbonyl (C=O) groups is 1. The maximum Gasteiger partial charge on any atom is 0.232 e. The Morgan fingerprint density at radius 3 is 2.42 bits per heavy atom. The highest BCUT2D eigenvalue weighted by Gasteiger charge is 2.52. The van der Waals surface area contributed by atoms with E-state index in [2.05, 4.69) is 27.6 Å². The van der Waals surface area contributed by atoms with Gasteiger partial charge in [-0.2, -0.15) is 4.98 Å². The number of nitrogens with one attached hydrogen (secondary N) is 1. The van der Waals surface area contributed by atoms with Crippen LogP contribution >= 0.6 is 0 Å². The summed E-state index contributed by atoms with van der Waals surface area (Å²) in [5.74, 6) is 4.81. The molecule has 2 aromatic heterocycles. The molecular formula is C31H36N4O3. The standard InChI is InChI=1S/C31H36N4O3/c36-27(20-3-1-4-20)33-24-6-2-5-22(25-18-32-28(37-25)21-9-10-21)23(24)17-30-11-14-31(15-12-30,16-13-30)29-34-26(35-38-29)19-7-8-19/h2,5-6,18-21H,1,3-4,7-17H2,(H,33,36). The van der Waals surface area contributed by atoms with Crippen LogP contribution in [0.3, 0.4) is 0 Å². The van der Waals surface area contributed by atoms with Crippen LogP contribution in [-0.4, -0.2) is 21.0 Å². The second-order valence-corrected chi connectivity index (χ2v) is 13.0. The summed E-state index contributed by atoms with van der Waals surface area (Å²) in [5.41, 5.74) is 3.51. The van der Waals surface area contributed by atoms with Gasteiger partial charge in [0.05, 0.1) is 6.20 Å². The molecule has 2 bridgehead atoms. The average molecular weight is 513 g/mol. The van der Waals surface area contributed by atoms with Crippen LogP contribution in [0.25, 0.3) is 11.3 Å². The number of aromatic nitrogens is 3. The summed E-state index contributed by atoms with van der Waals surface area (Å²) in [6.07, 6.45) is 17.4. The predicted molar refractivity (Wildman–Crippen MR) is 142 cm³/mol. The third-order valence-electron chi connectivity index (χ3n) is 10.4. The molecule has 1 aromatic carbocycles. The number of oxazole rings is 1. The van der Waals surface area contributed by atoms with Gasteiger partial charge in [0.1, 0.15) is 0 Å². The molecule has 7 heteroatoms. The van der Waals surface area contributed by atoms with Crippen molar-refractivity contribution in [3.63, 3.8) is 0 Å². The van der Waals surface area contributed by atoms with E-state index in [1.165, 1.54) is 18.4 Å². The number of hydrogen-bond acceptors (Lipinski definition) is 6. The first-order valence-corrected chi connectivity index (χ1v) is 14.8. The van der Waals surface area contributed by atoms with E-state index >= 15 is 0 Å². The normalized spacial score (nSPS) is 28.8. The minimum Gasteiger partial charge on any atom is -0.440 e. The van der Waals surface area contributed by atoms with Crippen molar-refractivity contribution in [2.45, 2.75) is 107 Å². The van der Waals surface area contributed by atoms with Crippen LogP contribution in [0.1, 0.15) is 118 Å². The molecule has 1 amide bonds. The Balaban J connectivity index is 1.09. The summed E-state index contributed by atoms with van der Waals surface area (Å²) >= 11 is 0. The van der Waals surface area contributed by atoms with Crippen molar-refractivity contribution in [2.75, 3.05) is 5.32 Å². The molecule has 3 aromatic rings. The highest BCUT2D eigenvalue weighted by Crippen LogP contribution is 2.59. The fourth-order valence-electron chi connectivity index (χ4n) is 7.14. The first kappa shape index (κ1) is 23.0. The Morgan fingerprint density at radius 2 is 1.74 bits per heavy atom. The van der Waals surface area contributed by atoms with Crippen molar-refractivity contribution in [2.24, 2.45) is 11.3 Å². The first-order valence-electron chi connectivity index (χ1n) is 14.8. The molecule has 38 heavy (non-hydrogen) atoms. The van der Waals surface area contributed by atoms with Gasteiger partial charge in [0, 0.05) is 34.4 Å². The average Bonchev–Trinajstić information content (AvgIpc) is 3.84. The minimum absolute atomic E-state index is 0.0484. The van der Waals surface area contributed by atoms with Crippen LogP contribution < -0.4 is 5.32 Å². The Hall–Kier alpha value is -2.96. The number of rotatable bonds is 8. The van der Waals surface area contributed by atoms with Gasteiger partial charge in [0.15, 0.2) is 17.5 Å². The Bertz CT molecular complexity index is 1350. The maximum atomic E-state index is 13.0. The molecule has 2 heterocycles. The molecule has 0 radical (unpaired) electrons. The van der Waals surface area contributed by atoms with E-state index in [9.17, 15) is 4.79 Å². The fourth-order valence-corrected chi connectivity index (χ4v) is 7.14. The van der Waals surface area contributed by atoms with Crippen LogP contribution in [-0.2, 0) is 16.6 Å². The minimum atomic E-state index is 0.0484. The van der Waals surface area contributed by atoms with Crippen LogP contribution in [0, 0.1) is 11.3 Å². The topological polar surface area (TPSA) is 94.1 Å². The molecule has 9 rings (SSSR count). The zero-order chi connectivity index (χ0) is 25.3. The molecule has 0 atom stereocenters. The Labute approximate surface area is 223 Å². The molecule has 6 aliphatic carbocycles. The lowest BCUT2D eigenvalue weighted by Gasteiger charge is -2.52. The van der Waals surface area contributed by atoms with Crippen LogP contribution in [0.4, 0.5) is 5.69 Å². The molecule has 1 N–H and O–H groups in total. The van der Waals surface area contributed by atoms with E-state index in [1.54, 1.807) is 0 Å². The number of benzene rings is 1. The molecule has 7 nitrogen and oxygen atoms in total. The molecule has 0 aliphatic heterocycles. The van der Waals surface area contributed by atoms with Crippen LogP contribution in [0.5, 0.6) is 0 Å². The van der Waals surface area contributed by atoms with E-state index in [0.717, 1.165) is 112 Å². The number of nitrogens with zero attached hydrogens (tertiary/aromatic N) is 3. The summed E-state index contributed by atoms with van der Waals surface area (Å²) in [7, 11) is 0. The van der Waals surface area contributed by atoms with Gasteiger partial charge in [-0.05, 0) is 101 Å². The molecule has 6 saturated carbocycles. The summed E-state index contributed by atoms with van der Waals surface area (Å²) < 4.78 is 12.1. The lowest BCUT2D eigenvalue weighted by molar-refractivity contribution is -0.122. The highest BCUT2D eigenvalue weighted by atomic mass is 16.5. The number of hydrogen-bond donors (Lipinski definition) is 1. The van der Waals surface area contributed by atoms with E-state index in [-0.39, 0.29) is 22.7 Å². The first-order chi connectivity index (χ1) is 18.6. The van der Waals surface area contributed by atoms with Crippen molar-refractivity contribution in [1.82, 2.24) is 15.1 Å². The predicted octanol–water partition coefficient (Wildman–Crippen LogP) is 7.05. The van der Waals surface area contributed by atoms with E-state index < -0.39 is 0 Å². The zero-order valence-corrected chi connectivity index (χ0v) is 22.0. The highest BCUT2D eigenvalue weighted by molar-refractivity contribution is 5.94. The van der Waals surface area contributed by atoms with Crippen molar-refractivity contribution < 1.29 is 13.7 Å². The number of amides is 1. The lowest BCUT2D eigenvalue weighted by atomic mass is 9.52. The summed E-state index contributed by atoms with van der Waals surface area (Å²) in [5, 5.41) is 7.66. The van der Waals surface area contributed by atoms with E-state index in [1.807, 2.05) is 12.3 Å². The number of carbonyl (C=O) groups excluding carboxylic acids is 1. The van der Waals surface area contributed by atoms with Gasteiger partial charge in [0.2, 0.25) is 11.8 Å². The van der Waals surface area contributed by atoms with Gasteiger partial charge in [-0.25, -0.2) is 4.98 Å². The number of fused-ring (bicyclic) bond motifs is 3. The SMILES string of the molecule is O=C(Nc1cccc(-c2cnc(C3CC3)o2)c1CC12CCC(c3nc(C4CC4)no3)(CC1)CC2)C1CCC1. The maximum absolute atomic E-state index is 13.0. The van der Waals surface area contributed by atoms with Crippen LogP contribution in [0.15, 0.2) is 33.3 Å². The summed E-state index contributed by atoms with van der Waals surface area (Å²) in [6.45, 7) is 0. The van der Waals surface area contributed by atoms with Crippen molar-refractivity contribution in [3.05, 3.63) is 47.6 Å². The monoisotopic (exact) mass is 512 g/mol. The van der Waals surface area contributed by atoms with E-state index in [4.69, 9.17) is 13.9 Å². The summed E-state index contributed by atoms with van der Waals surface area (Å²) in [6, 6.07) is 6.28. The molecule has 198 valence electrons. The van der Waals surface area contributed by atoms with Gasteiger partial charge in [-0.3, -0.25) is 4.79 Å². The zero-order valence-electron chi connectivity index (χ0n) is 22.0. The molecule has 6 aliphatic rings.